The maximum absolute atomic E-state index is 11.1. The lowest BCUT2D eigenvalue weighted by molar-refractivity contribution is 0.149. The van der Waals surface area contributed by atoms with Crippen molar-refractivity contribution >= 4 is 6.09 Å². The fourth-order valence-corrected chi connectivity index (χ4v) is 2.66. The molecule has 1 N–H and O–H groups in total. The van der Waals surface area contributed by atoms with Gasteiger partial charge in [-0.15, -0.1) is 0 Å². The SMILES string of the molecule is C=CC1OC(=O)N[C@H]1CC1CCCCC1. The van der Waals surface area contributed by atoms with Crippen molar-refractivity contribution < 1.29 is 9.53 Å². The molecule has 84 valence electrons. The monoisotopic (exact) mass is 209 g/mol. The summed E-state index contributed by atoms with van der Waals surface area (Å²) in [5.41, 5.74) is 0. The van der Waals surface area contributed by atoms with E-state index in [2.05, 4.69) is 11.9 Å². The molecule has 1 saturated heterocycles. The third-order valence-electron chi connectivity index (χ3n) is 3.49. The Morgan fingerprint density at radius 2 is 2.13 bits per heavy atom. The van der Waals surface area contributed by atoms with Gasteiger partial charge in [-0.2, -0.15) is 0 Å². The summed E-state index contributed by atoms with van der Waals surface area (Å²) in [4.78, 5) is 11.1. The Bertz CT molecular complexity index is 246. The molecule has 0 bridgehead atoms. The van der Waals surface area contributed by atoms with Crippen LogP contribution in [0.2, 0.25) is 0 Å². The maximum Gasteiger partial charge on any atom is 0.408 e. The van der Waals surface area contributed by atoms with Crippen LogP contribution in [0.1, 0.15) is 38.5 Å². The van der Waals surface area contributed by atoms with Gasteiger partial charge in [-0.1, -0.05) is 38.7 Å². The summed E-state index contributed by atoms with van der Waals surface area (Å²) in [6.45, 7) is 3.70. The van der Waals surface area contributed by atoms with Crippen LogP contribution >= 0.6 is 0 Å². The molecule has 1 saturated carbocycles. The average molecular weight is 209 g/mol. The van der Waals surface area contributed by atoms with E-state index in [4.69, 9.17) is 4.74 Å². The summed E-state index contributed by atoms with van der Waals surface area (Å²) >= 11 is 0. The molecular weight excluding hydrogens is 190 g/mol. The van der Waals surface area contributed by atoms with E-state index in [1.54, 1.807) is 6.08 Å². The van der Waals surface area contributed by atoms with E-state index in [0.717, 1.165) is 12.3 Å². The molecule has 15 heavy (non-hydrogen) atoms. The second-order valence-electron chi connectivity index (χ2n) is 4.60. The summed E-state index contributed by atoms with van der Waals surface area (Å²) in [6, 6.07) is 0.151. The molecule has 0 aromatic rings. The largest absolute Gasteiger partial charge is 0.440 e. The van der Waals surface area contributed by atoms with Crippen LogP contribution in [-0.4, -0.2) is 18.2 Å². The lowest BCUT2D eigenvalue weighted by Crippen LogP contribution is -2.33. The first kappa shape index (κ1) is 10.5. The predicted octanol–water partition coefficient (Wildman–Crippen LogP) is 2.62. The van der Waals surface area contributed by atoms with Crippen molar-refractivity contribution in [2.24, 2.45) is 5.92 Å². The van der Waals surface area contributed by atoms with Gasteiger partial charge < -0.3 is 10.1 Å². The molecule has 3 heteroatoms. The van der Waals surface area contributed by atoms with Crippen molar-refractivity contribution in [2.75, 3.05) is 0 Å². The molecule has 3 nitrogen and oxygen atoms in total. The van der Waals surface area contributed by atoms with Crippen LogP contribution in [0.3, 0.4) is 0 Å². The maximum atomic E-state index is 11.1. The summed E-state index contributed by atoms with van der Waals surface area (Å²) in [6.07, 6.45) is 9.01. The van der Waals surface area contributed by atoms with E-state index in [1.165, 1.54) is 32.1 Å². The average Bonchev–Trinajstić information content (AvgIpc) is 2.60. The number of nitrogens with one attached hydrogen (secondary N) is 1. The van der Waals surface area contributed by atoms with Crippen molar-refractivity contribution in [1.82, 2.24) is 5.32 Å². The van der Waals surface area contributed by atoms with E-state index in [-0.39, 0.29) is 18.2 Å². The zero-order valence-electron chi connectivity index (χ0n) is 9.08. The standard InChI is InChI=1S/C12H19NO2/c1-2-11-10(13-12(14)15-11)8-9-6-4-3-5-7-9/h2,9-11H,1,3-8H2,(H,13,14)/t10-,11?/m0/s1. The first-order chi connectivity index (χ1) is 7.29. The van der Waals surface area contributed by atoms with E-state index >= 15 is 0 Å². The van der Waals surface area contributed by atoms with Crippen molar-refractivity contribution in [2.45, 2.75) is 50.7 Å². The fraction of sp³-hybridized carbons (Fsp3) is 0.750. The van der Waals surface area contributed by atoms with Crippen molar-refractivity contribution in [3.8, 4) is 0 Å². The number of ether oxygens (including phenoxy) is 1. The van der Waals surface area contributed by atoms with Crippen molar-refractivity contribution in [3.05, 3.63) is 12.7 Å². The third kappa shape index (κ3) is 2.52. The Labute approximate surface area is 90.9 Å². The molecule has 1 unspecified atom stereocenters. The highest BCUT2D eigenvalue weighted by molar-refractivity contribution is 5.70. The molecule has 2 fully saturated rings. The second-order valence-corrected chi connectivity index (χ2v) is 4.60. The van der Waals surface area contributed by atoms with E-state index < -0.39 is 0 Å². The smallest absolute Gasteiger partial charge is 0.408 e. The van der Waals surface area contributed by atoms with Crippen LogP contribution in [-0.2, 0) is 4.74 Å². The van der Waals surface area contributed by atoms with Gasteiger partial charge >= 0.3 is 6.09 Å². The molecule has 2 aliphatic rings. The van der Waals surface area contributed by atoms with Crippen molar-refractivity contribution in [1.29, 1.82) is 0 Å². The first-order valence-electron chi connectivity index (χ1n) is 5.89. The van der Waals surface area contributed by atoms with Gasteiger partial charge in [-0.25, -0.2) is 4.79 Å². The van der Waals surface area contributed by atoms with Crippen LogP contribution in [0.25, 0.3) is 0 Å². The molecule has 1 amide bonds. The van der Waals surface area contributed by atoms with Gasteiger partial charge in [-0.05, 0) is 18.4 Å². The highest BCUT2D eigenvalue weighted by Gasteiger charge is 2.33. The molecule has 0 spiro atoms. The molecule has 2 atom stereocenters. The minimum atomic E-state index is -0.291. The van der Waals surface area contributed by atoms with Crippen LogP contribution in [0.15, 0.2) is 12.7 Å². The molecule has 0 radical (unpaired) electrons. The van der Waals surface area contributed by atoms with Gasteiger partial charge in [0, 0.05) is 0 Å². The zero-order chi connectivity index (χ0) is 10.7. The van der Waals surface area contributed by atoms with E-state index in [9.17, 15) is 4.79 Å². The number of carbonyl (C=O) groups is 1. The van der Waals surface area contributed by atoms with Gasteiger partial charge in [0.15, 0.2) is 0 Å². The lowest BCUT2D eigenvalue weighted by Gasteiger charge is -2.25. The number of cyclic esters (lactones) is 1. The first-order valence-corrected chi connectivity index (χ1v) is 5.89. The summed E-state index contributed by atoms with van der Waals surface area (Å²) in [5, 5.41) is 2.87. The quantitative estimate of drug-likeness (QED) is 0.726. The highest BCUT2D eigenvalue weighted by atomic mass is 16.6. The summed E-state index contributed by atoms with van der Waals surface area (Å²) in [5.74, 6) is 0.758. The van der Waals surface area contributed by atoms with Crippen molar-refractivity contribution in [3.63, 3.8) is 0 Å². The Morgan fingerprint density at radius 3 is 2.80 bits per heavy atom. The minimum Gasteiger partial charge on any atom is -0.440 e. The molecule has 2 rings (SSSR count). The Morgan fingerprint density at radius 1 is 1.40 bits per heavy atom. The van der Waals surface area contributed by atoms with Gasteiger partial charge in [0.1, 0.15) is 6.10 Å². The van der Waals surface area contributed by atoms with Crippen LogP contribution in [0, 0.1) is 5.92 Å². The van der Waals surface area contributed by atoms with Gasteiger partial charge in [-0.3, -0.25) is 0 Å². The van der Waals surface area contributed by atoms with E-state index in [0.29, 0.717) is 0 Å². The van der Waals surface area contributed by atoms with Gasteiger partial charge in [0.25, 0.3) is 0 Å². The molecular formula is C12H19NO2. The van der Waals surface area contributed by atoms with Crippen LogP contribution < -0.4 is 5.32 Å². The topological polar surface area (TPSA) is 38.3 Å². The predicted molar refractivity (Wildman–Crippen MR) is 58.6 cm³/mol. The highest BCUT2D eigenvalue weighted by Crippen LogP contribution is 2.29. The number of alkyl carbamates (subject to hydrolysis) is 1. The minimum absolute atomic E-state index is 0.126. The number of carbonyl (C=O) groups excluding carboxylic acids is 1. The number of hydrogen-bond donors (Lipinski definition) is 1. The number of hydrogen-bond acceptors (Lipinski definition) is 2. The Kier molecular flexibility index (Phi) is 3.29. The Hall–Kier alpha value is -0.990. The molecule has 1 aliphatic carbocycles. The van der Waals surface area contributed by atoms with Gasteiger partial charge in [0.05, 0.1) is 6.04 Å². The number of rotatable bonds is 3. The Balaban J connectivity index is 1.86. The third-order valence-corrected chi connectivity index (χ3v) is 3.49. The summed E-state index contributed by atoms with van der Waals surface area (Å²) in [7, 11) is 0. The molecule has 1 aliphatic heterocycles. The zero-order valence-corrected chi connectivity index (χ0v) is 9.08. The number of amides is 1. The summed E-state index contributed by atoms with van der Waals surface area (Å²) < 4.78 is 5.10. The fourth-order valence-electron chi connectivity index (χ4n) is 2.66. The molecule has 1 heterocycles. The van der Waals surface area contributed by atoms with Gasteiger partial charge in [0.2, 0.25) is 0 Å². The van der Waals surface area contributed by atoms with Crippen LogP contribution in [0.5, 0.6) is 0 Å². The second kappa shape index (κ2) is 4.69. The normalized spacial score (nSPS) is 32.1. The molecule has 0 aromatic heterocycles. The lowest BCUT2D eigenvalue weighted by atomic mass is 9.84. The molecule has 0 aromatic carbocycles. The van der Waals surface area contributed by atoms with E-state index in [1.807, 2.05) is 0 Å². The van der Waals surface area contributed by atoms with Crippen LogP contribution in [0.4, 0.5) is 4.79 Å².